The van der Waals surface area contributed by atoms with Gasteiger partial charge in [-0.15, -0.1) is 0 Å². The highest BCUT2D eigenvalue weighted by atomic mass is 16.4. The van der Waals surface area contributed by atoms with Crippen molar-refractivity contribution in [2.75, 3.05) is 6.54 Å². The van der Waals surface area contributed by atoms with E-state index in [1.54, 1.807) is 71.9 Å². The maximum absolute atomic E-state index is 13.5. The topological polar surface area (TPSA) is 327 Å². The summed E-state index contributed by atoms with van der Waals surface area (Å²) in [5.41, 5.74) is 11.4. The molecule has 0 spiro atoms. The van der Waals surface area contributed by atoms with Crippen molar-refractivity contribution in [3.8, 4) is 0 Å². The van der Waals surface area contributed by atoms with Gasteiger partial charge in [-0.25, -0.2) is 4.79 Å². The number of amides is 9. The molecule has 0 aliphatic rings. The standard InChI is InChI=1S/C39H59N9O11/c1-20(2)17-26(37(56)48-33(22(5)6)38(57)47-32(21(3)4)34(41)53)46-36(55)25(13-14-28(40)49)44-30(51)16-15-29(50)43-23(7)35(54)42-19-31(52)45-27(39(58)59)18-24-11-9-8-10-12-24/h8-12,15-16,20-23,25-27,32-33H,13-14,17-19H2,1-7H3,(H2,40,49)(H2,41,53)(H,42,54)(H,43,50)(H,44,51)(H,45,52)(H,46,55)(H,47,57)(H,48,56)(H,58,59)/b16-15+/t23-,25-,26-,27-,32-,33-/m0/s1. The molecule has 20 heteroatoms. The summed E-state index contributed by atoms with van der Waals surface area (Å²) in [6.45, 7) is 11.0. The number of carbonyl (C=O) groups is 10. The van der Waals surface area contributed by atoms with Crippen molar-refractivity contribution in [1.82, 2.24) is 37.2 Å². The van der Waals surface area contributed by atoms with Gasteiger partial charge >= 0.3 is 5.97 Å². The van der Waals surface area contributed by atoms with Crippen LogP contribution in [0, 0.1) is 17.8 Å². The van der Waals surface area contributed by atoms with Gasteiger partial charge in [-0.1, -0.05) is 71.9 Å². The second-order valence-corrected chi connectivity index (χ2v) is 15.0. The van der Waals surface area contributed by atoms with Crippen LogP contribution in [0.25, 0.3) is 0 Å². The summed E-state index contributed by atoms with van der Waals surface area (Å²) < 4.78 is 0. The van der Waals surface area contributed by atoms with Crippen LogP contribution < -0.4 is 48.7 Å². The van der Waals surface area contributed by atoms with E-state index in [-0.39, 0.29) is 37.5 Å². The third-order valence-corrected chi connectivity index (χ3v) is 8.65. The van der Waals surface area contributed by atoms with Crippen molar-refractivity contribution in [2.45, 2.75) is 110 Å². The first-order chi connectivity index (χ1) is 27.5. The maximum atomic E-state index is 13.5. The fourth-order valence-corrected chi connectivity index (χ4v) is 5.44. The predicted octanol–water partition coefficient (Wildman–Crippen LogP) is -1.98. The smallest absolute Gasteiger partial charge is 0.326 e. The molecular weight excluding hydrogens is 770 g/mol. The number of nitrogens with two attached hydrogens (primary N) is 2. The van der Waals surface area contributed by atoms with Gasteiger partial charge in [0, 0.05) is 25.0 Å². The molecule has 0 radical (unpaired) electrons. The lowest BCUT2D eigenvalue weighted by Crippen LogP contribution is -2.60. The molecule has 0 saturated heterocycles. The molecule has 1 aromatic carbocycles. The Bertz CT molecular complexity index is 1700. The summed E-state index contributed by atoms with van der Waals surface area (Å²) in [5.74, 6) is -9.46. The lowest BCUT2D eigenvalue weighted by molar-refractivity contribution is -0.141. The molecule has 0 bridgehead atoms. The molecule has 0 saturated carbocycles. The second-order valence-electron chi connectivity index (χ2n) is 15.0. The highest BCUT2D eigenvalue weighted by molar-refractivity contribution is 6.01. The number of carboxylic acid groups (broad SMARTS) is 1. The van der Waals surface area contributed by atoms with Crippen molar-refractivity contribution in [1.29, 1.82) is 0 Å². The SMILES string of the molecule is CC(C)C[C@H](NC(=O)[C@H](CCC(N)=O)NC(=O)/C=C/C(=O)N[C@@H](C)C(=O)NCC(=O)N[C@@H](Cc1ccccc1)C(=O)O)C(=O)N[C@H](C(=O)N[C@H](C(N)=O)C(C)C)C(C)C. The van der Waals surface area contributed by atoms with E-state index in [1.807, 2.05) is 0 Å². The highest BCUT2D eigenvalue weighted by Gasteiger charge is 2.33. The zero-order valence-corrected chi connectivity index (χ0v) is 34.5. The Balaban J connectivity index is 2.93. The number of hydrogen-bond donors (Lipinski definition) is 10. The molecule has 0 heterocycles. The zero-order chi connectivity index (χ0) is 45.0. The third kappa shape index (κ3) is 19.6. The van der Waals surface area contributed by atoms with E-state index in [1.165, 1.54) is 6.92 Å². The minimum atomic E-state index is -1.42. The quantitative estimate of drug-likeness (QED) is 0.0482. The first kappa shape index (κ1) is 50.7. The Morgan fingerprint density at radius 2 is 1.17 bits per heavy atom. The van der Waals surface area contributed by atoms with Crippen molar-refractivity contribution >= 4 is 59.1 Å². The first-order valence-corrected chi connectivity index (χ1v) is 19.1. The number of benzene rings is 1. The lowest BCUT2D eigenvalue weighted by atomic mass is 9.98. The number of carboxylic acids is 1. The molecule has 1 aromatic rings. The van der Waals surface area contributed by atoms with Crippen LogP contribution in [0.15, 0.2) is 42.5 Å². The summed E-state index contributed by atoms with van der Waals surface area (Å²) in [5, 5.41) is 26.5. The maximum Gasteiger partial charge on any atom is 0.326 e. The van der Waals surface area contributed by atoms with Crippen LogP contribution in [0.4, 0.5) is 0 Å². The van der Waals surface area contributed by atoms with E-state index >= 15 is 0 Å². The van der Waals surface area contributed by atoms with Gasteiger partial charge in [0.15, 0.2) is 0 Å². The van der Waals surface area contributed by atoms with Gasteiger partial charge in [0.05, 0.1) is 6.54 Å². The molecule has 0 aromatic heterocycles. The molecular formula is C39H59N9O11. The van der Waals surface area contributed by atoms with Gasteiger partial charge in [0.2, 0.25) is 53.2 Å². The highest BCUT2D eigenvalue weighted by Crippen LogP contribution is 2.11. The van der Waals surface area contributed by atoms with Crippen LogP contribution >= 0.6 is 0 Å². The predicted molar refractivity (Wildman–Crippen MR) is 214 cm³/mol. The van der Waals surface area contributed by atoms with Gasteiger partial charge in [-0.3, -0.25) is 43.2 Å². The Hall–Kier alpha value is -6.34. The largest absolute Gasteiger partial charge is 0.480 e. The van der Waals surface area contributed by atoms with E-state index in [0.717, 1.165) is 12.2 Å². The van der Waals surface area contributed by atoms with Crippen LogP contribution in [0.1, 0.15) is 73.3 Å². The van der Waals surface area contributed by atoms with Crippen LogP contribution in [-0.2, 0) is 54.4 Å². The van der Waals surface area contributed by atoms with Crippen molar-refractivity contribution in [3.63, 3.8) is 0 Å². The summed E-state index contributed by atoms with van der Waals surface area (Å²) in [4.78, 5) is 126. The van der Waals surface area contributed by atoms with Gasteiger partial charge in [0.25, 0.3) is 0 Å². The minimum absolute atomic E-state index is 0.00949. The molecule has 0 aliphatic heterocycles. The molecule has 0 aliphatic carbocycles. The molecule has 20 nitrogen and oxygen atoms in total. The summed E-state index contributed by atoms with van der Waals surface area (Å²) in [6, 6.07) is 1.39. The number of carbonyl (C=O) groups excluding carboxylic acids is 9. The molecule has 6 atom stereocenters. The fraction of sp³-hybridized carbons (Fsp3) is 0.538. The van der Waals surface area contributed by atoms with Crippen LogP contribution in [0.2, 0.25) is 0 Å². The summed E-state index contributed by atoms with van der Waals surface area (Å²) >= 11 is 0. The van der Waals surface area contributed by atoms with Gasteiger partial charge in [0.1, 0.15) is 36.3 Å². The molecule has 0 fully saturated rings. The number of hydrogen-bond acceptors (Lipinski definition) is 10. The van der Waals surface area contributed by atoms with Crippen molar-refractivity contribution < 1.29 is 53.1 Å². The average molecular weight is 830 g/mol. The Kier molecular flexibility index (Phi) is 21.6. The molecule has 12 N–H and O–H groups in total. The Morgan fingerprint density at radius 3 is 1.68 bits per heavy atom. The third-order valence-electron chi connectivity index (χ3n) is 8.65. The number of nitrogens with one attached hydrogen (secondary N) is 7. The van der Waals surface area contributed by atoms with Crippen LogP contribution in [-0.4, -0.2) is 107 Å². The van der Waals surface area contributed by atoms with Crippen LogP contribution in [0.3, 0.4) is 0 Å². The molecule has 326 valence electrons. The first-order valence-electron chi connectivity index (χ1n) is 19.1. The van der Waals surface area contributed by atoms with Gasteiger partial charge in [-0.05, 0) is 43.1 Å². The Morgan fingerprint density at radius 1 is 0.627 bits per heavy atom. The normalized spacial score (nSPS) is 14.2. The number of rotatable bonds is 25. The van der Waals surface area contributed by atoms with E-state index in [4.69, 9.17) is 11.5 Å². The summed E-state index contributed by atoms with van der Waals surface area (Å²) in [7, 11) is 0. The minimum Gasteiger partial charge on any atom is -0.480 e. The van der Waals surface area contributed by atoms with Gasteiger partial charge < -0.3 is 53.8 Å². The number of aliphatic carboxylic acids is 1. The van der Waals surface area contributed by atoms with Gasteiger partial charge in [-0.2, -0.15) is 0 Å². The molecule has 9 amide bonds. The van der Waals surface area contributed by atoms with Crippen LogP contribution in [0.5, 0.6) is 0 Å². The Labute approximate surface area is 343 Å². The number of primary amides is 2. The lowest BCUT2D eigenvalue weighted by Gasteiger charge is -2.29. The average Bonchev–Trinajstić information content (AvgIpc) is 3.14. The molecule has 59 heavy (non-hydrogen) atoms. The van der Waals surface area contributed by atoms with E-state index in [0.29, 0.717) is 5.56 Å². The second kappa shape index (κ2) is 25.1. The van der Waals surface area contributed by atoms with E-state index in [2.05, 4.69) is 37.2 Å². The monoisotopic (exact) mass is 829 g/mol. The zero-order valence-electron chi connectivity index (χ0n) is 34.5. The van der Waals surface area contributed by atoms with Crippen molar-refractivity contribution in [2.24, 2.45) is 29.2 Å². The van der Waals surface area contributed by atoms with Crippen molar-refractivity contribution in [3.05, 3.63) is 48.0 Å². The van der Waals surface area contributed by atoms with E-state index in [9.17, 15) is 53.1 Å². The molecule has 1 rings (SSSR count). The van der Waals surface area contributed by atoms with E-state index < -0.39 is 108 Å². The summed E-state index contributed by atoms with van der Waals surface area (Å²) in [6.07, 6.45) is 1.01. The fourth-order valence-electron chi connectivity index (χ4n) is 5.44. The molecule has 0 unspecified atom stereocenters.